The van der Waals surface area contributed by atoms with E-state index in [4.69, 9.17) is 26.0 Å². The van der Waals surface area contributed by atoms with Gasteiger partial charge in [-0.25, -0.2) is 17.6 Å². The summed E-state index contributed by atoms with van der Waals surface area (Å²) < 4.78 is 99.7. The van der Waals surface area contributed by atoms with E-state index in [2.05, 4.69) is 0 Å². The Morgan fingerprint density at radius 2 is 2.35 bits per heavy atom. The fourth-order valence-electron chi connectivity index (χ4n) is 1.73. The number of ether oxygens (including phenoxy) is 1. The Hall–Kier alpha value is -1.60. The number of hydrogen-bond donors (Lipinski definition) is 1. The van der Waals surface area contributed by atoms with Crippen molar-refractivity contribution in [2.24, 2.45) is 0 Å². The number of rotatable bonds is 5. The van der Waals surface area contributed by atoms with Gasteiger partial charge in [-0.15, -0.1) is 0 Å². The molecule has 1 aromatic carbocycles. The second-order valence-electron chi connectivity index (χ2n) is 4.32. The number of carbonyl (C=O) groups is 1. The van der Waals surface area contributed by atoms with Crippen LogP contribution in [0.1, 0.15) is 34.3 Å². The first-order valence-electron chi connectivity index (χ1n) is 9.85. The van der Waals surface area contributed by atoms with E-state index in [9.17, 15) is 17.6 Å². The number of benzene rings is 1. The molecule has 0 saturated heterocycles. The van der Waals surface area contributed by atoms with E-state index < -0.39 is 62.5 Å². The van der Waals surface area contributed by atoms with Crippen molar-refractivity contribution in [3.8, 4) is 0 Å². The largest absolute Gasteiger partial charge is 0.463 e. The lowest BCUT2D eigenvalue weighted by Crippen LogP contribution is -2.34. The van der Waals surface area contributed by atoms with Gasteiger partial charge < -0.3 is 4.74 Å². The number of esters is 1. The molecule has 0 bridgehead atoms. The molecule has 2 rings (SSSR count). The predicted molar refractivity (Wildman–Crippen MR) is 86.3 cm³/mol. The Balaban J connectivity index is 2.76. The highest BCUT2D eigenvalue weighted by Crippen LogP contribution is 2.30. The van der Waals surface area contributed by atoms with Crippen LogP contribution in [0.2, 0.25) is 6.43 Å². The van der Waals surface area contributed by atoms with E-state index in [1.165, 1.54) is 6.92 Å². The average Bonchev–Trinajstić information content (AvgIpc) is 2.59. The summed E-state index contributed by atoms with van der Waals surface area (Å²) >= 11 is 5.79. The highest BCUT2D eigenvalue weighted by atomic mass is 35.5. The molecule has 1 atom stereocenters. The minimum atomic E-state index is -5.25. The van der Waals surface area contributed by atoms with Gasteiger partial charge in [-0.3, -0.25) is 4.72 Å². The summed E-state index contributed by atoms with van der Waals surface area (Å²) in [4.78, 5) is 12.3. The zero-order chi connectivity index (χ0) is 23.3. The quantitative estimate of drug-likeness (QED) is 0.809. The first kappa shape index (κ1) is 10.3. The van der Waals surface area contributed by atoms with Gasteiger partial charge in [-0.2, -0.15) is 0 Å². The van der Waals surface area contributed by atoms with Gasteiger partial charge in [-0.1, -0.05) is 17.7 Å². The van der Waals surface area contributed by atoms with Crippen LogP contribution in [-0.4, -0.2) is 26.2 Å². The molecule has 0 amide bonds. The maximum Gasteiger partial charge on any atom is 0.335 e. The lowest BCUT2D eigenvalue weighted by molar-refractivity contribution is -0.138. The van der Waals surface area contributed by atoms with Crippen LogP contribution in [0.25, 0.3) is 0 Å². The van der Waals surface area contributed by atoms with Crippen molar-refractivity contribution in [1.82, 2.24) is 0 Å². The molecule has 0 spiro atoms. The smallest absolute Gasteiger partial charge is 0.335 e. The molecular weight excluding hydrogens is 345 g/mol. The summed E-state index contributed by atoms with van der Waals surface area (Å²) in [6.45, 7) is 1.12. The lowest BCUT2D eigenvalue weighted by atomic mass is 9.99. The first-order valence-corrected chi connectivity index (χ1v) is 8.28. The number of carbonyl (C=O) groups excluding carboxylic acids is 1. The SMILES string of the molecule is [2H]N(c1ccc(F)cc1Cl)S(=O)(=O)[C@H]1C(C(=O)OCC)=CC([2H])([2H])C([2H])([2H])C1([2H])[2H]. The summed E-state index contributed by atoms with van der Waals surface area (Å²) in [7, 11) is -5.25. The molecule has 0 saturated carbocycles. The van der Waals surface area contributed by atoms with Crippen LogP contribution in [0.4, 0.5) is 10.1 Å². The van der Waals surface area contributed by atoms with Gasteiger partial charge in [0.1, 0.15) is 11.1 Å². The normalized spacial score (nSPS) is 29.3. The molecule has 0 unspecified atom stereocenters. The topological polar surface area (TPSA) is 72.5 Å². The van der Waals surface area contributed by atoms with Crippen molar-refractivity contribution in [3.05, 3.63) is 40.7 Å². The van der Waals surface area contributed by atoms with Gasteiger partial charge in [0.25, 0.3) is 0 Å². The van der Waals surface area contributed by atoms with Gasteiger partial charge in [0.05, 0.1) is 22.9 Å². The molecule has 1 aliphatic rings. The van der Waals surface area contributed by atoms with Gasteiger partial charge in [0.15, 0.2) is 1.41 Å². The summed E-state index contributed by atoms with van der Waals surface area (Å²) in [5.74, 6) is -2.22. The summed E-state index contributed by atoms with van der Waals surface area (Å²) in [5, 5.41) is -3.16. The van der Waals surface area contributed by atoms with Crippen molar-refractivity contribution in [2.75, 3.05) is 11.3 Å². The Morgan fingerprint density at radius 3 is 3.00 bits per heavy atom. The van der Waals surface area contributed by atoms with Crippen LogP contribution in [0.15, 0.2) is 29.8 Å². The van der Waals surface area contributed by atoms with Gasteiger partial charge in [-0.05, 0) is 44.2 Å². The minimum absolute atomic E-state index is 0.249. The van der Waals surface area contributed by atoms with Crippen molar-refractivity contribution < 1.29 is 32.0 Å². The van der Waals surface area contributed by atoms with Crippen LogP contribution in [0, 0.1) is 5.82 Å². The van der Waals surface area contributed by atoms with Crippen molar-refractivity contribution >= 4 is 33.3 Å². The summed E-state index contributed by atoms with van der Waals surface area (Å²) in [6, 6.07) is 2.35. The number of halogens is 2. The lowest BCUT2D eigenvalue weighted by Gasteiger charge is -2.24. The Morgan fingerprint density at radius 1 is 1.61 bits per heavy atom. The molecule has 0 aliphatic heterocycles. The van der Waals surface area contributed by atoms with E-state index in [1.54, 1.807) is 0 Å². The number of sulfonamides is 1. The van der Waals surface area contributed by atoms with Gasteiger partial charge >= 0.3 is 5.97 Å². The maximum absolute atomic E-state index is 13.3. The molecular formula is C15H17ClFNO4S. The zero-order valence-corrected chi connectivity index (χ0v) is 13.4. The minimum Gasteiger partial charge on any atom is -0.463 e. The number of anilines is 1. The van der Waals surface area contributed by atoms with Gasteiger partial charge in [0.2, 0.25) is 10.0 Å². The molecule has 5 nitrogen and oxygen atoms in total. The van der Waals surface area contributed by atoms with Crippen LogP contribution >= 0.6 is 11.6 Å². The molecule has 1 aromatic rings. The molecule has 0 fully saturated rings. The van der Waals surface area contributed by atoms with E-state index in [0.29, 0.717) is 12.1 Å². The Labute approximate surface area is 149 Å². The number of allylic oxidation sites excluding steroid dienone is 1. The molecule has 23 heavy (non-hydrogen) atoms. The molecule has 0 heterocycles. The molecule has 0 aromatic heterocycles. The monoisotopic (exact) mass is 368 g/mol. The molecule has 1 N–H and O–H groups in total. The van der Waals surface area contributed by atoms with E-state index >= 15 is 0 Å². The van der Waals surface area contributed by atoms with E-state index in [-0.39, 0.29) is 11.3 Å². The first-order chi connectivity index (χ1) is 13.5. The average molecular weight is 369 g/mol. The highest BCUT2D eigenvalue weighted by Gasteiger charge is 2.35. The van der Waals surface area contributed by atoms with Crippen molar-refractivity contribution in [2.45, 2.75) is 31.3 Å². The molecule has 1 aliphatic carbocycles. The molecule has 126 valence electrons. The van der Waals surface area contributed by atoms with Crippen LogP contribution < -0.4 is 4.72 Å². The third-order valence-corrected chi connectivity index (χ3v) is 4.45. The fourth-order valence-corrected chi connectivity index (χ4v) is 3.23. The number of nitrogens with one attached hydrogen (secondary N) is 1. The van der Waals surface area contributed by atoms with Crippen LogP contribution in [-0.2, 0) is 19.6 Å². The molecule has 0 radical (unpaired) electrons. The fraction of sp³-hybridized carbons (Fsp3) is 0.400. The van der Waals surface area contributed by atoms with E-state index in [1.807, 2.05) is 0 Å². The molecule has 8 heteroatoms. The second-order valence-corrected chi connectivity index (χ2v) is 6.41. The highest BCUT2D eigenvalue weighted by molar-refractivity contribution is 7.93. The van der Waals surface area contributed by atoms with Crippen LogP contribution in [0.5, 0.6) is 0 Å². The Kier molecular flexibility index (Phi) is 3.28. The van der Waals surface area contributed by atoms with Crippen molar-refractivity contribution in [1.29, 1.82) is 0 Å². The Bertz CT molecular complexity index is 1000. The van der Waals surface area contributed by atoms with E-state index in [0.717, 1.165) is 12.1 Å². The maximum atomic E-state index is 13.3. The third kappa shape index (κ3) is 4.23. The third-order valence-electron chi connectivity index (χ3n) is 2.73. The zero-order valence-electron chi connectivity index (χ0n) is 18.8. The van der Waals surface area contributed by atoms with Gasteiger partial charge in [0, 0.05) is 8.22 Å². The predicted octanol–water partition coefficient (Wildman–Crippen LogP) is 3.26. The summed E-state index contributed by atoms with van der Waals surface area (Å²) in [6.07, 6.45) is -9.65. The summed E-state index contributed by atoms with van der Waals surface area (Å²) in [5.41, 5.74) is -1.58. The van der Waals surface area contributed by atoms with Crippen LogP contribution in [0.3, 0.4) is 0 Å². The van der Waals surface area contributed by atoms with Crippen molar-refractivity contribution in [3.63, 3.8) is 0 Å². The second kappa shape index (κ2) is 7.31. The number of hydrogen-bond acceptors (Lipinski definition) is 4. The standard InChI is InChI=1S/C15H17ClFNO4S/c1-2-22-15(19)11-5-3-4-6-14(11)23(20,21)18-13-8-7-10(17)9-12(13)16/h5,7-9,14,18H,2-4,6H2,1H3/t14-/m1/s1/i3D2,4D2,6D2/hD.